The van der Waals surface area contributed by atoms with Gasteiger partial charge in [0.1, 0.15) is 0 Å². The number of aliphatic hydroxyl groups excluding tert-OH is 1. The number of rotatable bonds is 1. The van der Waals surface area contributed by atoms with Gasteiger partial charge in [0.2, 0.25) is 0 Å². The molecule has 0 aliphatic carbocycles. The lowest BCUT2D eigenvalue weighted by molar-refractivity contribution is 0.0287. The van der Waals surface area contributed by atoms with Gasteiger partial charge in [0.15, 0.2) is 0 Å². The van der Waals surface area contributed by atoms with Crippen LogP contribution >= 0.6 is 22.6 Å². The largest absolute Gasteiger partial charge is 0.393 e. The highest BCUT2D eigenvalue weighted by molar-refractivity contribution is 14.1. The number of amides is 1. The number of aliphatic hydroxyl groups is 1. The van der Waals surface area contributed by atoms with Crippen molar-refractivity contribution in [3.63, 3.8) is 0 Å². The van der Waals surface area contributed by atoms with E-state index in [-0.39, 0.29) is 24.1 Å². The smallest absolute Gasteiger partial charge is 0.254 e. The molecule has 0 aromatic heterocycles. The topological polar surface area (TPSA) is 40.5 Å². The van der Waals surface area contributed by atoms with Crippen LogP contribution in [0.15, 0.2) is 24.3 Å². The van der Waals surface area contributed by atoms with Crippen LogP contribution < -0.4 is 0 Å². The van der Waals surface area contributed by atoms with Crippen LogP contribution in [0.25, 0.3) is 0 Å². The molecule has 2 bridgehead atoms. The Balaban J connectivity index is 1.85. The lowest BCUT2D eigenvalue weighted by Gasteiger charge is -2.37. The minimum Gasteiger partial charge on any atom is -0.393 e. The second-order valence-corrected chi connectivity index (χ2v) is 6.48. The maximum absolute atomic E-state index is 12.6. The summed E-state index contributed by atoms with van der Waals surface area (Å²) in [7, 11) is 0. The molecule has 96 valence electrons. The molecule has 1 amide bonds. The summed E-state index contributed by atoms with van der Waals surface area (Å²) < 4.78 is 1.09. The van der Waals surface area contributed by atoms with Crippen LogP contribution in [0.4, 0.5) is 0 Å². The van der Waals surface area contributed by atoms with Crippen LogP contribution in [-0.4, -0.2) is 34.1 Å². The molecular weight excluding hydrogens is 341 g/mol. The van der Waals surface area contributed by atoms with Gasteiger partial charge in [0.25, 0.3) is 5.91 Å². The highest BCUT2D eigenvalue weighted by Gasteiger charge is 2.42. The number of halogens is 1. The van der Waals surface area contributed by atoms with E-state index in [0.717, 1.165) is 34.8 Å². The fourth-order valence-corrected chi connectivity index (χ4v) is 3.79. The van der Waals surface area contributed by atoms with Crippen molar-refractivity contribution in [1.29, 1.82) is 0 Å². The van der Waals surface area contributed by atoms with Crippen molar-refractivity contribution in [3.8, 4) is 0 Å². The summed E-state index contributed by atoms with van der Waals surface area (Å²) in [5, 5.41) is 9.77. The number of hydrogen-bond acceptors (Lipinski definition) is 2. The predicted molar refractivity (Wildman–Crippen MR) is 77.4 cm³/mol. The molecule has 2 fully saturated rings. The van der Waals surface area contributed by atoms with Gasteiger partial charge in [-0.25, -0.2) is 0 Å². The molecular formula is C14H16INO2. The molecule has 0 spiro atoms. The minimum atomic E-state index is -0.220. The fourth-order valence-electron chi connectivity index (χ4n) is 3.25. The molecule has 2 unspecified atom stereocenters. The monoisotopic (exact) mass is 357 g/mol. The highest BCUT2D eigenvalue weighted by Crippen LogP contribution is 2.36. The van der Waals surface area contributed by atoms with E-state index in [4.69, 9.17) is 0 Å². The molecule has 2 saturated heterocycles. The third-order valence-electron chi connectivity index (χ3n) is 4.01. The van der Waals surface area contributed by atoms with Gasteiger partial charge in [0.05, 0.1) is 6.10 Å². The Labute approximate surface area is 120 Å². The Hall–Kier alpha value is -0.620. The van der Waals surface area contributed by atoms with E-state index in [9.17, 15) is 9.90 Å². The van der Waals surface area contributed by atoms with E-state index >= 15 is 0 Å². The molecule has 2 aliphatic rings. The Morgan fingerprint density at radius 2 is 1.94 bits per heavy atom. The van der Waals surface area contributed by atoms with E-state index in [1.807, 2.05) is 29.2 Å². The number of carbonyl (C=O) groups is 1. The van der Waals surface area contributed by atoms with Crippen molar-refractivity contribution in [3.05, 3.63) is 33.4 Å². The van der Waals surface area contributed by atoms with Gasteiger partial charge in [-0.1, -0.05) is 6.07 Å². The van der Waals surface area contributed by atoms with Gasteiger partial charge >= 0.3 is 0 Å². The molecule has 2 heterocycles. The Bertz CT molecular complexity index is 463. The van der Waals surface area contributed by atoms with E-state index in [2.05, 4.69) is 22.6 Å². The summed E-state index contributed by atoms with van der Waals surface area (Å²) in [6.45, 7) is 0. The summed E-state index contributed by atoms with van der Waals surface area (Å²) >= 11 is 2.23. The van der Waals surface area contributed by atoms with Gasteiger partial charge in [-0.3, -0.25) is 4.79 Å². The molecule has 4 heteroatoms. The van der Waals surface area contributed by atoms with E-state index in [0.29, 0.717) is 0 Å². The molecule has 0 radical (unpaired) electrons. The summed E-state index contributed by atoms with van der Waals surface area (Å²) in [5.41, 5.74) is 0.773. The number of nitrogens with zero attached hydrogens (tertiary/aromatic N) is 1. The molecule has 2 aliphatic heterocycles. The van der Waals surface area contributed by atoms with Crippen molar-refractivity contribution < 1.29 is 9.90 Å². The molecule has 1 N–H and O–H groups in total. The van der Waals surface area contributed by atoms with Crippen molar-refractivity contribution in [1.82, 2.24) is 4.90 Å². The first-order valence-electron chi connectivity index (χ1n) is 6.41. The maximum Gasteiger partial charge on any atom is 0.254 e. The third-order valence-corrected chi connectivity index (χ3v) is 4.69. The van der Waals surface area contributed by atoms with Crippen LogP contribution in [0, 0.1) is 3.57 Å². The van der Waals surface area contributed by atoms with E-state index < -0.39 is 0 Å². The fraction of sp³-hybridized carbons (Fsp3) is 0.500. The van der Waals surface area contributed by atoms with Crippen LogP contribution in [-0.2, 0) is 0 Å². The van der Waals surface area contributed by atoms with Crippen molar-refractivity contribution in [2.24, 2.45) is 0 Å². The van der Waals surface area contributed by atoms with Crippen LogP contribution in [0.5, 0.6) is 0 Å². The molecule has 3 nitrogen and oxygen atoms in total. The molecule has 0 saturated carbocycles. The van der Waals surface area contributed by atoms with Crippen molar-refractivity contribution >= 4 is 28.5 Å². The number of benzene rings is 1. The SMILES string of the molecule is O=C(c1cccc(I)c1)N1C2CCC1CC(O)C2. The van der Waals surface area contributed by atoms with Crippen molar-refractivity contribution in [2.45, 2.75) is 43.9 Å². The summed E-state index contributed by atoms with van der Waals surface area (Å²) in [5.74, 6) is 0.132. The Morgan fingerprint density at radius 3 is 2.56 bits per heavy atom. The quantitative estimate of drug-likeness (QED) is 0.785. The number of fused-ring (bicyclic) bond motifs is 2. The second-order valence-electron chi connectivity index (χ2n) is 5.23. The lowest BCUT2D eigenvalue weighted by Crippen LogP contribution is -2.48. The molecule has 1 aromatic rings. The molecule has 1 aromatic carbocycles. The van der Waals surface area contributed by atoms with E-state index in [1.165, 1.54) is 0 Å². The average Bonchev–Trinajstić information content (AvgIpc) is 2.61. The second kappa shape index (κ2) is 4.81. The van der Waals surface area contributed by atoms with Gasteiger partial charge in [-0.2, -0.15) is 0 Å². The van der Waals surface area contributed by atoms with Crippen LogP contribution in [0.3, 0.4) is 0 Å². The van der Waals surface area contributed by atoms with Crippen LogP contribution in [0.2, 0.25) is 0 Å². The summed E-state index contributed by atoms with van der Waals surface area (Å²) in [6.07, 6.45) is 3.34. The van der Waals surface area contributed by atoms with E-state index in [1.54, 1.807) is 0 Å². The minimum absolute atomic E-state index is 0.132. The third kappa shape index (κ3) is 2.16. The van der Waals surface area contributed by atoms with Gasteiger partial charge < -0.3 is 10.0 Å². The zero-order valence-corrected chi connectivity index (χ0v) is 12.2. The highest BCUT2D eigenvalue weighted by atomic mass is 127. The first-order valence-corrected chi connectivity index (χ1v) is 7.49. The number of piperidine rings is 1. The average molecular weight is 357 g/mol. The van der Waals surface area contributed by atoms with Gasteiger partial charge in [-0.15, -0.1) is 0 Å². The molecule has 3 rings (SSSR count). The van der Waals surface area contributed by atoms with Crippen molar-refractivity contribution in [2.75, 3.05) is 0 Å². The Morgan fingerprint density at radius 1 is 1.28 bits per heavy atom. The maximum atomic E-state index is 12.6. The lowest BCUT2D eigenvalue weighted by atomic mass is 9.99. The summed E-state index contributed by atoms with van der Waals surface area (Å²) in [4.78, 5) is 14.6. The van der Waals surface area contributed by atoms with Gasteiger partial charge in [0, 0.05) is 21.2 Å². The normalized spacial score (nSPS) is 30.6. The number of carbonyl (C=O) groups excluding carboxylic acids is 1. The zero-order valence-electron chi connectivity index (χ0n) is 10.1. The zero-order chi connectivity index (χ0) is 12.7. The van der Waals surface area contributed by atoms with Gasteiger partial charge in [-0.05, 0) is 66.5 Å². The van der Waals surface area contributed by atoms with Crippen LogP contribution in [0.1, 0.15) is 36.0 Å². The number of hydrogen-bond donors (Lipinski definition) is 1. The Kier molecular flexibility index (Phi) is 3.32. The summed E-state index contributed by atoms with van der Waals surface area (Å²) in [6, 6.07) is 8.22. The predicted octanol–water partition coefficient (Wildman–Crippen LogP) is 2.42. The standard InChI is InChI=1S/C14H16INO2/c15-10-3-1-2-9(6-10)14(18)16-11-4-5-12(16)8-13(17)7-11/h1-3,6,11-13,17H,4-5,7-8H2. The first kappa shape index (κ1) is 12.4. The first-order chi connectivity index (χ1) is 8.65. The molecule has 18 heavy (non-hydrogen) atoms. The molecule has 2 atom stereocenters.